The van der Waals surface area contributed by atoms with Crippen molar-refractivity contribution in [2.75, 3.05) is 13.2 Å². The molecule has 3 atom stereocenters. The standard InChI is InChI=1S/C21H40Br2O4/c1-2-3-4-5-7-10-13-19(22)20(23)14-11-8-6-9-12-15-21(26)27-17-18(25)16-24/h18-20,24-25H,2-17H2,1H3. The second-order valence-electron chi connectivity index (χ2n) is 7.41. The Morgan fingerprint density at radius 2 is 1.33 bits per heavy atom. The molecule has 0 heterocycles. The van der Waals surface area contributed by atoms with Gasteiger partial charge in [-0.2, -0.15) is 0 Å². The van der Waals surface area contributed by atoms with Crippen LogP contribution in [0.2, 0.25) is 0 Å². The van der Waals surface area contributed by atoms with Crippen LogP contribution in [0.3, 0.4) is 0 Å². The van der Waals surface area contributed by atoms with Gasteiger partial charge in [-0.15, -0.1) is 0 Å². The molecule has 0 aliphatic rings. The summed E-state index contributed by atoms with van der Waals surface area (Å²) in [7, 11) is 0. The third-order valence-corrected chi connectivity index (χ3v) is 7.64. The number of hydrogen-bond acceptors (Lipinski definition) is 4. The molecule has 3 unspecified atom stereocenters. The molecule has 0 radical (unpaired) electrons. The van der Waals surface area contributed by atoms with E-state index in [-0.39, 0.29) is 19.2 Å². The summed E-state index contributed by atoms with van der Waals surface area (Å²) >= 11 is 7.66. The van der Waals surface area contributed by atoms with Gasteiger partial charge in [0.25, 0.3) is 0 Å². The lowest BCUT2D eigenvalue weighted by Crippen LogP contribution is -2.21. The van der Waals surface area contributed by atoms with Gasteiger partial charge in [-0.3, -0.25) is 4.79 Å². The van der Waals surface area contributed by atoms with Crippen molar-refractivity contribution in [3.05, 3.63) is 0 Å². The van der Waals surface area contributed by atoms with Crippen LogP contribution in [-0.4, -0.2) is 45.2 Å². The predicted octanol–water partition coefficient (Wildman–Crippen LogP) is 5.89. The fraction of sp³-hybridized carbons (Fsp3) is 0.952. The molecule has 0 spiro atoms. The van der Waals surface area contributed by atoms with E-state index in [1.54, 1.807) is 0 Å². The molecule has 2 N–H and O–H groups in total. The SMILES string of the molecule is CCCCCCCCC(Br)C(Br)CCCCCCCC(=O)OCC(O)CO. The quantitative estimate of drug-likeness (QED) is 0.128. The first kappa shape index (κ1) is 27.4. The highest BCUT2D eigenvalue weighted by molar-refractivity contribution is 9.12. The molecule has 0 fully saturated rings. The molecular weight excluding hydrogens is 476 g/mol. The van der Waals surface area contributed by atoms with Gasteiger partial charge in [0.15, 0.2) is 0 Å². The van der Waals surface area contributed by atoms with E-state index >= 15 is 0 Å². The largest absolute Gasteiger partial charge is 0.463 e. The summed E-state index contributed by atoms with van der Waals surface area (Å²) in [6.45, 7) is 1.76. The minimum absolute atomic E-state index is 0.117. The number of hydrogen-bond donors (Lipinski definition) is 2. The van der Waals surface area contributed by atoms with Crippen LogP contribution in [-0.2, 0) is 9.53 Å². The Balaban J connectivity index is 3.46. The van der Waals surface area contributed by atoms with E-state index in [1.807, 2.05) is 0 Å². The number of rotatable bonds is 19. The average Bonchev–Trinajstić information content (AvgIpc) is 2.67. The van der Waals surface area contributed by atoms with Crippen LogP contribution in [0.5, 0.6) is 0 Å². The number of aliphatic hydroxyl groups is 2. The zero-order valence-corrected chi connectivity index (χ0v) is 20.2. The van der Waals surface area contributed by atoms with Crippen molar-refractivity contribution in [3.8, 4) is 0 Å². The highest BCUT2D eigenvalue weighted by Gasteiger charge is 2.15. The minimum atomic E-state index is -0.967. The topological polar surface area (TPSA) is 66.8 Å². The minimum Gasteiger partial charge on any atom is -0.463 e. The van der Waals surface area contributed by atoms with Crippen molar-refractivity contribution >= 4 is 37.8 Å². The van der Waals surface area contributed by atoms with E-state index in [0.717, 1.165) is 19.3 Å². The van der Waals surface area contributed by atoms with Crippen molar-refractivity contribution in [1.29, 1.82) is 0 Å². The van der Waals surface area contributed by atoms with Crippen LogP contribution in [0, 0.1) is 0 Å². The van der Waals surface area contributed by atoms with Gasteiger partial charge in [-0.05, 0) is 19.3 Å². The van der Waals surface area contributed by atoms with Crippen LogP contribution >= 0.6 is 31.9 Å². The summed E-state index contributed by atoms with van der Waals surface area (Å²) in [5.41, 5.74) is 0. The van der Waals surface area contributed by atoms with Gasteiger partial charge < -0.3 is 14.9 Å². The van der Waals surface area contributed by atoms with Gasteiger partial charge in [-0.1, -0.05) is 103 Å². The predicted molar refractivity (Wildman–Crippen MR) is 120 cm³/mol. The molecule has 0 aromatic rings. The Morgan fingerprint density at radius 3 is 1.85 bits per heavy atom. The Labute approximate surface area is 183 Å². The van der Waals surface area contributed by atoms with Crippen LogP contribution in [0.25, 0.3) is 0 Å². The molecule has 4 nitrogen and oxygen atoms in total. The van der Waals surface area contributed by atoms with Crippen LogP contribution in [0.4, 0.5) is 0 Å². The number of unbranched alkanes of at least 4 members (excludes halogenated alkanes) is 9. The fourth-order valence-corrected chi connectivity index (χ4v) is 4.11. The number of halogens is 2. The molecular formula is C21H40Br2O4. The van der Waals surface area contributed by atoms with E-state index in [9.17, 15) is 4.79 Å². The van der Waals surface area contributed by atoms with Gasteiger partial charge >= 0.3 is 5.97 Å². The van der Waals surface area contributed by atoms with Crippen LogP contribution < -0.4 is 0 Å². The monoisotopic (exact) mass is 514 g/mol. The van der Waals surface area contributed by atoms with E-state index in [0.29, 0.717) is 16.1 Å². The highest BCUT2D eigenvalue weighted by Crippen LogP contribution is 2.25. The summed E-state index contributed by atoms with van der Waals surface area (Å²) in [4.78, 5) is 12.6. The summed E-state index contributed by atoms with van der Waals surface area (Å²) < 4.78 is 4.88. The maximum atomic E-state index is 11.5. The van der Waals surface area contributed by atoms with Gasteiger partial charge in [0.05, 0.1) is 6.61 Å². The summed E-state index contributed by atoms with van der Waals surface area (Å²) in [5.74, 6) is -0.292. The van der Waals surface area contributed by atoms with Gasteiger partial charge in [0.1, 0.15) is 12.7 Å². The molecule has 6 heteroatoms. The molecule has 0 saturated heterocycles. The first-order valence-corrected chi connectivity index (χ1v) is 12.6. The Bertz CT molecular complexity index is 342. The van der Waals surface area contributed by atoms with Gasteiger partial charge in [-0.25, -0.2) is 0 Å². The van der Waals surface area contributed by atoms with Crippen molar-refractivity contribution in [2.24, 2.45) is 0 Å². The summed E-state index contributed by atoms with van der Waals surface area (Å²) in [6, 6.07) is 0. The number of carbonyl (C=O) groups excluding carboxylic acids is 1. The molecule has 0 aromatic heterocycles. The van der Waals surface area contributed by atoms with Crippen molar-refractivity contribution in [1.82, 2.24) is 0 Å². The Hall–Kier alpha value is 0.350. The lowest BCUT2D eigenvalue weighted by atomic mass is 10.0. The second-order valence-corrected chi connectivity index (χ2v) is 9.77. The fourth-order valence-electron chi connectivity index (χ4n) is 2.93. The summed E-state index contributed by atoms with van der Waals surface area (Å²) in [6.07, 6.45) is 15.3. The molecule has 0 amide bonds. The first-order valence-electron chi connectivity index (χ1n) is 10.7. The molecule has 162 valence electrons. The zero-order valence-electron chi connectivity index (χ0n) is 17.0. The third-order valence-electron chi connectivity index (χ3n) is 4.73. The van der Waals surface area contributed by atoms with Gasteiger partial charge in [0.2, 0.25) is 0 Å². The van der Waals surface area contributed by atoms with E-state index in [2.05, 4.69) is 38.8 Å². The van der Waals surface area contributed by atoms with E-state index < -0.39 is 6.10 Å². The molecule has 0 aliphatic carbocycles. The first-order chi connectivity index (χ1) is 13.0. The maximum absolute atomic E-state index is 11.5. The third kappa shape index (κ3) is 18.1. The number of carbonyl (C=O) groups is 1. The maximum Gasteiger partial charge on any atom is 0.305 e. The Kier molecular flexibility index (Phi) is 19.9. The highest BCUT2D eigenvalue weighted by atomic mass is 79.9. The average molecular weight is 516 g/mol. The lowest BCUT2D eigenvalue weighted by molar-refractivity contribution is -0.147. The lowest BCUT2D eigenvalue weighted by Gasteiger charge is -2.16. The van der Waals surface area contributed by atoms with E-state index in [1.165, 1.54) is 64.2 Å². The van der Waals surface area contributed by atoms with Crippen LogP contribution in [0.1, 0.15) is 96.8 Å². The molecule has 0 bridgehead atoms. The Morgan fingerprint density at radius 1 is 0.852 bits per heavy atom. The molecule has 27 heavy (non-hydrogen) atoms. The molecule has 0 aliphatic heterocycles. The zero-order chi connectivity index (χ0) is 20.3. The van der Waals surface area contributed by atoms with Crippen molar-refractivity contribution in [3.63, 3.8) is 0 Å². The van der Waals surface area contributed by atoms with Crippen molar-refractivity contribution < 1.29 is 19.7 Å². The molecule has 0 rings (SSSR count). The smallest absolute Gasteiger partial charge is 0.305 e. The molecule has 0 aromatic carbocycles. The number of alkyl halides is 2. The number of esters is 1. The second kappa shape index (κ2) is 19.7. The number of aliphatic hydroxyl groups excluding tert-OH is 2. The molecule has 0 saturated carbocycles. The van der Waals surface area contributed by atoms with Crippen molar-refractivity contribution in [2.45, 2.75) is 113 Å². The van der Waals surface area contributed by atoms with E-state index in [4.69, 9.17) is 14.9 Å². The van der Waals surface area contributed by atoms with Gasteiger partial charge in [0, 0.05) is 16.1 Å². The van der Waals surface area contributed by atoms with Crippen LogP contribution in [0.15, 0.2) is 0 Å². The summed E-state index contributed by atoms with van der Waals surface area (Å²) in [5, 5.41) is 17.8. The number of ether oxygens (including phenoxy) is 1. The normalized spacial score (nSPS) is 14.7.